The predicted octanol–water partition coefficient (Wildman–Crippen LogP) is 9.06. The van der Waals surface area contributed by atoms with Crippen molar-refractivity contribution < 1.29 is 76.9 Å². The van der Waals surface area contributed by atoms with Crippen LogP contribution in [0, 0.1) is 0 Å². The van der Waals surface area contributed by atoms with Gasteiger partial charge in [0, 0.05) is 12.8 Å². The molecule has 5 unspecified atom stereocenters. The zero-order chi connectivity index (χ0) is 48.2. The Hall–Kier alpha value is -2.30. The Kier molecular flexibility index (Phi) is 35.2. The number of phosphoric ester groups is 2. The van der Waals surface area contributed by atoms with Crippen LogP contribution in [0.3, 0.4) is 0 Å². The van der Waals surface area contributed by atoms with Crippen molar-refractivity contribution in [3.05, 3.63) is 60.8 Å². The molecular weight excluding hydrogens is 882 g/mol. The number of aliphatic hydroxyl groups excluding tert-OH is 4. The second-order valence-electron chi connectivity index (χ2n) is 16.5. The molecule has 1 fully saturated rings. The van der Waals surface area contributed by atoms with E-state index in [-0.39, 0.29) is 12.8 Å². The highest BCUT2D eigenvalue weighted by atomic mass is 31.2. The predicted molar refractivity (Wildman–Crippen MR) is 250 cm³/mol. The molecule has 0 aromatic rings. The number of phosphoric acid groups is 2. The maximum atomic E-state index is 13.0. The smallest absolute Gasteiger partial charge is 0.462 e. The van der Waals surface area contributed by atoms with Gasteiger partial charge in [0.05, 0.1) is 6.61 Å². The van der Waals surface area contributed by atoms with E-state index >= 15 is 0 Å². The van der Waals surface area contributed by atoms with Crippen LogP contribution >= 0.6 is 15.6 Å². The van der Waals surface area contributed by atoms with Crippen LogP contribution in [0.25, 0.3) is 0 Å². The molecule has 1 rings (SSSR count). The van der Waals surface area contributed by atoms with E-state index in [0.717, 1.165) is 77.0 Å². The number of rotatable bonds is 39. The molecule has 16 nitrogen and oxygen atoms in total. The van der Waals surface area contributed by atoms with Crippen LogP contribution in [-0.2, 0) is 41.8 Å². The quantitative estimate of drug-likeness (QED) is 0.0131. The second kappa shape index (κ2) is 37.7. The summed E-state index contributed by atoms with van der Waals surface area (Å²) >= 11 is 0. The van der Waals surface area contributed by atoms with Gasteiger partial charge in [-0.3, -0.25) is 23.2 Å². The molecule has 1 saturated carbocycles. The number of allylic oxidation sites excluding steroid dienone is 10. The highest BCUT2D eigenvalue weighted by Gasteiger charge is 2.54. The molecule has 0 saturated heterocycles. The summed E-state index contributed by atoms with van der Waals surface area (Å²) in [5.41, 5.74) is 0. The number of unbranched alkanes of at least 4 members (excludes halogenated alkanes) is 15. The third kappa shape index (κ3) is 32.2. The lowest BCUT2D eigenvalue weighted by atomic mass is 9.85. The minimum absolute atomic E-state index is 0.00396. The first-order valence-corrected chi connectivity index (χ1v) is 26.9. The molecule has 18 heteroatoms. The van der Waals surface area contributed by atoms with Crippen LogP contribution in [0.15, 0.2) is 60.8 Å². The van der Waals surface area contributed by atoms with Gasteiger partial charge in [0.2, 0.25) is 0 Å². The molecular formula is C47H82O16P2. The van der Waals surface area contributed by atoms with Gasteiger partial charge >= 0.3 is 27.6 Å². The molecule has 0 spiro atoms. The molecule has 0 aromatic carbocycles. The number of hydrogen-bond acceptors (Lipinski definition) is 13. The molecule has 65 heavy (non-hydrogen) atoms. The molecule has 1 aliphatic carbocycles. The number of hydrogen-bond donors (Lipinski definition) is 7. The minimum atomic E-state index is -5.37. The van der Waals surface area contributed by atoms with Crippen molar-refractivity contribution in [2.24, 2.45) is 0 Å². The minimum Gasteiger partial charge on any atom is -0.462 e. The van der Waals surface area contributed by atoms with E-state index in [0.29, 0.717) is 12.8 Å². The number of carbonyl (C=O) groups excluding carboxylic acids is 2. The Balaban J connectivity index is 2.61. The standard InChI is InChI=1S/C47H82O16P2/c1-3-5-7-9-11-13-15-17-18-19-20-21-22-24-26-28-30-32-34-36-41(49)61-39(37-59-40(48)35-33-31-29-27-25-23-16-14-12-10-8-6-4-2)38-60-65(57,58)63-47-44(52)42(50)43(51)46(45(47)53)62-64(54,55)56/h5,7,11,13,17-18,20-21,24,26,39,42-47,50-53H,3-4,6,8-10,12,14-16,19,22-23,25,27-38H2,1-2H3,(H,57,58)(H2,54,55,56)/t39-,42?,43?,44?,45?,46-,47+/m1/s1. The zero-order valence-corrected chi connectivity index (χ0v) is 40.7. The van der Waals surface area contributed by atoms with Crippen LogP contribution in [0.2, 0.25) is 0 Å². The highest BCUT2D eigenvalue weighted by molar-refractivity contribution is 7.47. The van der Waals surface area contributed by atoms with Crippen molar-refractivity contribution in [2.45, 2.75) is 211 Å². The molecule has 0 aliphatic heterocycles. The molecule has 0 radical (unpaired) electrons. The fourth-order valence-electron chi connectivity index (χ4n) is 6.93. The molecule has 0 heterocycles. The lowest BCUT2D eigenvalue weighted by Gasteiger charge is -2.43. The fourth-order valence-corrected chi connectivity index (χ4v) is 8.47. The van der Waals surface area contributed by atoms with Crippen LogP contribution < -0.4 is 0 Å². The van der Waals surface area contributed by atoms with Gasteiger partial charge in [-0.1, -0.05) is 158 Å². The highest BCUT2D eigenvalue weighted by Crippen LogP contribution is 2.49. The lowest BCUT2D eigenvalue weighted by Crippen LogP contribution is -2.64. The molecule has 0 bridgehead atoms. The molecule has 0 amide bonds. The summed E-state index contributed by atoms with van der Waals surface area (Å²) in [6.07, 6.45) is 28.9. The number of ether oxygens (including phenoxy) is 2. The maximum Gasteiger partial charge on any atom is 0.472 e. The monoisotopic (exact) mass is 965 g/mol. The van der Waals surface area contributed by atoms with Crippen molar-refractivity contribution >= 4 is 27.6 Å². The van der Waals surface area contributed by atoms with Gasteiger partial charge in [-0.25, -0.2) is 9.13 Å². The summed E-state index contributed by atoms with van der Waals surface area (Å²) < 4.78 is 49.3. The van der Waals surface area contributed by atoms with Crippen LogP contribution in [-0.4, -0.2) is 103 Å². The fraction of sp³-hybridized carbons (Fsp3) is 0.745. The first-order valence-electron chi connectivity index (χ1n) is 23.8. The average molecular weight is 965 g/mol. The number of esters is 2. The molecule has 376 valence electrons. The Morgan fingerprint density at radius 1 is 0.508 bits per heavy atom. The molecule has 8 atom stereocenters. The van der Waals surface area contributed by atoms with E-state index in [1.165, 1.54) is 51.4 Å². The average Bonchev–Trinajstić information content (AvgIpc) is 3.26. The summed E-state index contributed by atoms with van der Waals surface area (Å²) in [6.45, 7) is 2.96. The summed E-state index contributed by atoms with van der Waals surface area (Å²) in [6, 6.07) is 0. The van der Waals surface area contributed by atoms with Crippen LogP contribution in [0.1, 0.15) is 168 Å². The van der Waals surface area contributed by atoms with Gasteiger partial charge in [0.25, 0.3) is 0 Å². The zero-order valence-electron chi connectivity index (χ0n) is 38.9. The maximum absolute atomic E-state index is 13.0. The van der Waals surface area contributed by atoms with Gasteiger partial charge in [-0.15, -0.1) is 0 Å². The second-order valence-corrected chi connectivity index (χ2v) is 19.1. The van der Waals surface area contributed by atoms with E-state index in [1.54, 1.807) is 0 Å². The lowest BCUT2D eigenvalue weighted by molar-refractivity contribution is -0.216. The topological polar surface area (TPSA) is 256 Å². The van der Waals surface area contributed by atoms with Crippen LogP contribution in [0.4, 0.5) is 0 Å². The SMILES string of the molecule is CCC=CCC=CCC=CCC=CCC=CCCCCCC(=O)O[C@H](COC(=O)CCCCCCCCCCCCCCC)COP(=O)(O)O[C@H]1C(O)C(O)C(O)[C@@H](OP(=O)(O)O)C1O. The van der Waals surface area contributed by atoms with Gasteiger partial charge < -0.3 is 44.6 Å². The first kappa shape index (κ1) is 60.7. The summed E-state index contributed by atoms with van der Waals surface area (Å²) in [4.78, 5) is 54.3. The van der Waals surface area contributed by atoms with E-state index in [2.05, 4.69) is 79.1 Å². The van der Waals surface area contributed by atoms with Crippen LogP contribution in [0.5, 0.6) is 0 Å². The summed E-state index contributed by atoms with van der Waals surface area (Å²) in [5, 5.41) is 41.2. The van der Waals surface area contributed by atoms with E-state index in [1.807, 2.05) is 0 Å². The molecule has 1 aliphatic rings. The van der Waals surface area contributed by atoms with Crippen molar-refractivity contribution in [3.8, 4) is 0 Å². The Morgan fingerprint density at radius 2 is 0.938 bits per heavy atom. The molecule has 0 aromatic heterocycles. The Morgan fingerprint density at radius 3 is 1.43 bits per heavy atom. The van der Waals surface area contributed by atoms with Gasteiger partial charge in [-0.05, 0) is 57.8 Å². The third-order valence-electron chi connectivity index (χ3n) is 10.6. The van der Waals surface area contributed by atoms with E-state index < -0.39 is 83.5 Å². The third-order valence-corrected chi connectivity index (χ3v) is 12.1. The van der Waals surface area contributed by atoms with E-state index in [4.69, 9.17) is 18.5 Å². The van der Waals surface area contributed by atoms with Crippen molar-refractivity contribution in [2.75, 3.05) is 13.2 Å². The normalized spacial score (nSPS) is 22.2. The Bertz CT molecular complexity index is 1490. The van der Waals surface area contributed by atoms with E-state index in [9.17, 15) is 53.8 Å². The van der Waals surface area contributed by atoms with Gasteiger partial charge in [0.1, 0.15) is 43.2 Å². The van der Waals surface area contributed by atoms with Crippen molar-refractivity contribution in [1.82, 2.24) is 0 Å². The summed E-state index contributed by atoms with van der Waals surface area (Å²) in [7, 11) is -10.7. The summed E-state index contributed by atoms with van der Waals surface area (Å²) in [5.74, 6) is -1.24. The number of carbonyl (C=O) groups is 2. The Labute approximate surface area is 388 Å². The largest absolute Gasteiger partial charge is 0.472 e. The van der Waals surface area contributed by atoms with Gasteiger partial charge in [-0.2, -0.15) is 0 Å². The molecule has 7 N–H and O–H groups in total. The van der Waals surface area contributed by atoms with Crippen molar-refractivity contribution in [1.29, 1.82) is 0 Å². The van der Waals surface area contributed by atoms with Crippen molar-refractivity contribution in [3.63, 3.8) is 0 Å². The number of aliphatic hydroxyl groups is 4. The first-order chi connectivity index (χ1) is 31.1. The van der Waals surface area contributed by atoms with Gasteiger partial charge in [0.15, 0.2) is 6.10 Å².